The zero-order chi connectivity index (χ0) is 17.0. The normalized spacial score (nSPS) is 46.6. The number of benzene rings is 1. The van der Waals surface area contributed by atoms with Crippen LogP contribution in [0.2, 0.25) is 0 Å². The average Bonchev–Trinajstić information content (AvgIpc) is 3.12. The van der Waals surface area contributed by atoms with Crippen LogP contribution < -0.4 is 0 Å². The molecule has 0 aliphatic carbocycles. The Morgan fingerprint density at radius 1 is 1.24 bits per heavy atom. The molecule has 5 nitrogen and oxygen atoms in total. The van der Waals surface area contributed by atoms with Crippen molar-refractivity contribution in [1.82, 2.24) is 9.47 Å². The van der Waals surface area contributed by atoms with E-state index in [2.05, 4.69) is 47.7 Å². The Morgan fingerprint density at radius 3 is 2.84 bits per heavy atom. The standard InChI is InChI=1S/C20H24N2O3/c1-3-9-11-8-13-16-14(10-6-4-5-7-12(10)21(16)2)18-17(22(13)19(9)23)15(11)20(24)25-18/h4-7,9,11,13,15,17-20,23-24H,3,8H2,1-2H3/t9-,11-,13-,15?,17+,18+,19+,20?/m0/s1. The summed E-state index contributed by atoms with van der Waals surface area (Å²) in [6, 6.07) is 8.78. The van der Waals surface area contributed by atoms with Crippen molar-refractivity contribution in [1.29, 1.82) is 0 Å². The number of hydrogen-bond donors (Lipinski definition) is 2. The summed E-state index contributed by atoms with van der Waals surface area (Å²) in [4.78, 5) is 2.28. The van der Waals surface area contributed by atoms with Crippen LogP contribution in [-0.4, -0.2) is 38.2 Å². The van der Waals surface area contributed by atoms with Crippen molar-refractivity contribution in [3.05, 3.63) is 35.5 Å². The van der Waals surface area contributed by atoms with Gasteiger partial charge in [0.2, 0.25) is 0 Å². The molecule has 7 rings (SSSR count). The second kappa shape index (κ2) is 4.65. The quantitative estimate of drug-likeness (QED) is 0.836. The number of aliphatic hydroxyl groups is 2. The molecule has 0 amide bonds. The number of nitrogens with zero attached hydrogens (tertiary/aromatic N) is 2. The van der Waals surface area contributed by atoms with Gasteiger partial charge in [0.15, 0.2) is 6.29 Å². The molecule has 132 valence electrons. The summed E-state index contributed by atoms with van der Waals surface area (Å²) in [7, 11) is 2.12. The van der Waals surface area contributed by atoms with Crippen molar-refractivity contribution >= 4 is 10.9 Å². The Kier molecular flexibility index (Phi) is 2.74. The van der Waals surface area contributed by atoms with Crippen LogP contribution in [-0.2, 0) is 11.8 Å². The average molecular weight is 340 g/mol. The van der Waals surface area contributed by atoms with E-state index >= 15 is 0 Å². The molecule has 0 radical (unpaired) electrons. The fraction of sp³-hybridized carbons (Fsp3) is 0.600. The van der Waals surface area contributed by atoms with E-state index in [4.69, 9.17) is 4.74 Å². The summed E-state index contributed by atoms with van der Waals surface area (Å²) in [5.74, 6) is 0.665. The Labute approximate surface area is 146 Å². The monoisotopic (exact) mass is 340 g/mol. The lowest BCUT2D eigenvalue weighted by Crippen LogP contribution is -2.67. The Balaban J connectivity index is 1.65. The van der Waals surface area contributed by atoms with Crippen LogP contribution in [0, 0.1) is 17.8 Å². The molecule has 5 heteroatoms. The number of aryl methyl sites for hydroxylation is 1. The van der Waals surface area contributed by atoms with Crippen LogP contribution in [0.4, 0.5) is 0 Å². The summed E-state index contributed by atoms with van der Waals surface area (Å²) >= 11 is 0. The second-order valence-corrected chi connectivity index (χ2v) is 8.24. The third kappa shape index (κ3) is 1.51. The first kappa shape index (κ1) is 14.7. The molecule has 1 aromatic carbocycles. The van der Waals surface area contributed by atoms with E-state index in [9.17, 15) is 10.2 Å². The Bertz CT molecular complexity index is 877. The van der Waals surface area contributed by atoms with Gasteiger partial charge in [-0.1, -0.05) is 25.1 Å². The highest BCUT2D eigenvalue weighted by Crippen LogP contribution is 2.64. The summed E-state index contributed by atoms with van der Waals surface area (Å²) in [5.41, 5.74) is 3.72. The minimum atomic E-state index is -0.727. The van der Waals surface area contributed by atoms with Crippen molar-refractivity contribution in [3.63, 3.8) is 0 Å². The van der Waals surface area contributed by atoms with Crippen LogP contribution in [0.1, 0.15) is 43.2 Å². The van der Waals surface area contributed by atoms with Crippen molar-refractivity contribution in [2.24, 2.45) is 24.8 Å². The Hall–Kier alpha value is -1.40. The van der Waals surface area contributed by atoms with Gasteiger partial charge in [0.1, 0.15) is 12.3 Å². The van der Waals surface area contributed by atoms with Crippen LogP contribution in [0.15, 0.2) is 24.3 Å². The minimum Gasteiger partial charge on any atom is -0.378 e. The summed E-state index contributed by atoms with van der Waals surface area (Å²) in [6.07, 6.45) is 0.638. The first-order valence-electron chi connectivity index (χ1n) is 9.49. The number of rotatable bonds is 1. The third-order valence-electron chi connectivity index (χ3n) is 7.52. The predicted molar refractivity (Wildman–Crippen MR) is 92.5 cm³/mol. The number of piperidine rings is 3. The van der Waals surface area contributed by atoms with Crippen molar-refractivity contribution in [3.8, 4) is 0 Å². The smallest absolute Gasteiger partial charge is 0.160 e. The molecule has 2 aromatic rings. The number of fused-ring (bicyclic) bond motifs is 5. The van der Waals surface area contributed by atoms with Gasteiger partial charge in [0.05, 0.1) is 12.1 Å². The first-order chi connectivity index (χ1) is 12.1. The van der Waals surface area contributed by atoms with E-state index in [0.29, 0.717) is 5.92 Å². The topological polar surface area (TPSA) is 57.9 Å². The van der Waals surface area contributed by atoms with Crippen molar-refractivity contribution in [2.75, 3.05) is 0 Å². The molecule has 5 aliphatic heterocycles. The third-order valence-corrected chi connectivity index (χ3v) is 7.52. The number of ether oxygens (including phenoxy) is 1. The number of para-hydroxylation sites is 1. The highest BCUT2D eigenvalue weighted by molar-refractivity contribution is 5.86. The maximum absolute atomic E-state index is 11.1. The predicted octanol–water partition coefficient (Wildman–Crippen LogP) is 2.29. The summed E-state index contributed by atoms with van der Waals surface area (Å²) in [5, 5.41) is 23.0. The van der Waals surface area contributed by atoms with E-state index in [1.807, 2.05) is 0 Å². The molecule has 9 atom stereocenters. The van der Waals surface area contributed by atoms with Crippen molar-refractivity contribution < 1.29 is 14.9 Å². The Morgan fingerprint density at radius 2 is 2.04 bits per heavy atom. The van der Waals surface area contributed by atoms with Gasteiger partial charge in [0, 0.05) is 41.0 Å². The fourth-order valence-corrected chi connectivity index (χ4v) is 6.67. The lowest BCUT2D eigenvalue weighted by atomic mass is 9.60. The van der Waals surface area contributed by atoms with Gasteiger partial charge in [-0.2, -0.15) is 0 Å². The van der Waals surface area contributed by atoms with Crippen LogP contribution in [0.3, 0.4) is 0 Å². The lowest BCUT2D eigenvalue weighted by Gasteiger charge is -2.61. The van der Waals surface area contributed by atoms with E-state index in [1.165, 1.54) is 22.2 Å². The summed E-state index contributed by atoms with van der Waals surface area (Å²) < 4.78 is 8.44. The highest BCUT2D eigenvalue weighted by Gasteiger charge is 2.66. The molecular weight excluding hydrogens is 316 g/mol. The molecule has 0 saturated carbocycles. The zero-order valence-corrected chi connectivity index (χ0v) is 14.5. The van der Waals surface area contributed by atoms with Gasteiger partial charge in [-0.3, -0.25) is 4.90 Å². The van der Waals surface area contributed by atoms with Gasteiger partial charge in [-0.25, -0.2) is 0 Å². The fourth-order valence-electron chi connectivity index (χ4n) is 6.67. The van der Waals surface area contributed by atoms with E-state index < -0.39 is 12.5 Å². The molecule has 4 fully saturated rings. The van der Waals surface area contributed by atoms with E-state index in [1.54, 1.807) is 0 Å². The molecule has 5 aliphatic rings. The maximum Gasteiger partial charge on any atom is 0.160 e. The molecule has 0 spiro atoms. The molecule has 2 N–H and O–H groups in total. The molecule has 6 heterocycles. The van der Waals surface area contributed by atoms with Crippen LogP contribution in [0.25, 0.3) is 10.9 Å². The molecule has 4 bridgehead atoms. The van der Waals surface area contributed by atoms with Crippen LogP contribution in [0.5, 0.6) is 0 Å². The first-order valence-corrected chi connectivity index (χ1v) is 9.49. The van der Waals surface area contributed by atoms with Gasteiger partial charge in [0.25, 0.3) is 0 Å². The van der Waals surface area contributed by atoms with Gasteiger partial charge >= 0.3 is 0 Å². The van der Waals surface area contributed by atoms with Gasteiger partial charge < -0.3 is 19.5 Å². The number of aromatic nitrogens is 1. The van der Waals surface area contributed by atoms with Gasteiger partial charge in [-0.05, 0) is 24.8 Å². The van der Waals surface area contributed by atoms with Crippen molar-refractivity contribution in [2.45, 2.75) is 50.5 Å². The van der Waals surface area contributed by atoms with E-state index in [-0.39, 0.29) is 30.0 Å². The SMILES string of the molecule is CC[C@H]1[C@@H]2C[C@H]3c4c(c5ccccc5n4C)[C@H]4OC(O)C2[C@H]4N3[C@@H]1O. The van der Waals surface area contributed by atoms with Gasteiger partial charge in [-0.15, -0.1) is 0 Å². The molecule has 1 aromatic heterocycles. The molecule has 3 unspecified atom stereocenters. The van der Waals surface area contributed by atoms with Crippen LogP contribution >= 0.6 is 0 Å². The lowest BCUT2D eigenvalue weighted by molar-refractivity contribution is -0.219. The molecule has 25 heavy (non-hydrogen) atoms. The zero-order valence-electron chi connectivity index (χ0n) is 14.5. The largest absolute Gasteiger partial charge is 0.378 e. The van der Waals surface area contributed by atoms with E-state index in [0.717, 1.165) is 12.8 Å². The molecular formula is C20H24N2O3. The number of aliphatic hydroxyl groups excluding tert-OH is 2. The highest BCUT2D eigenvalue weighted by atomic mass is 16.6. The molecule has 4 saturated heterocycles. The minimum absolute atomic E-state index is 0.0925. The second-order valence-electron chi connectivity index (χ2n) is 8.24. The maximum atomic E-state index is 11.1. The summed E-state index contributed by atoms with van der Waals surface area (Å²) in [6.45, 7) is 2.15. The number of hydrogen-bond acceptors (Lipinski definition) is 4.